The van der Waals surface area contributed by atoms with E-state index in [4.69, 9.17) is 4.42 Å². The third-order valence-electron chi connectivity index (χ3n) is 4.29. The van der Waals surface area contributed by atoms with Gasteiger partial charge in [-0.25, -0.2) is 4.98 Å². The van der Waals surface area contributed by atoms with E-state index < -0.39 is 0 Å². The van der Waals surface area contributed by atoms with Crippen molar-refractivity contribution in [2.24, 2.45) is 0 Å². The van der Waals surface area contributed by atoms with Gasteiger partial charge in [-0.3, -0.25) is 4.79 Å². The van der Waals surface area contributed by atoms with E-state index in [1.165, 1.54) is 0 Å². The molecule has 0 bridgehead atoms. The molecular formula is C18H21Cl2N3O2S. The summed E-state index contributed by atoms with van der Waals surface area (Å²) in [6.45, 7) is 3.07. The van der Waals surface area contributed by atoms with Crippen molar-refractivity contribution in [3.63, 3.8) is 0 Å². The number of piperidine rings is 1. The molecule has 2 atom stereocenters. The molecule has 26 heavy (non-hydrogen) atoms. The van der Waals surface area contributed by atoms with Crippen LogP contribution in [0, 0.1) is 0 Å². The highest BCUT2D eigenvalue weighted by Gasteiger charge is 2.22. The molecule has 1 aliphatic rings. The maximum Gasteiger partial charge on any atom is 0.287 e. The van der Waals surface area contributed by atoms with Gasteiger partial charge in [-0.15, -0.1) is 36.2 Å². The number of para-hydroxylation sites is 1. The standard InChI is InChI=1S/C18H19N3O2S.2ClH/c1-11-10-12(8-9-19-11)20-17(22)14-6-7-15(23-14)18-21-13-4-2-3-5-16(13)24-18;;/h2-7,11-12,19H,8-10H2,1H3,(H,20,22);2*1H. The summed E-state index contributed by atoms with van der Waals surface area (Å²) in [6.07, 6.45) is 1.89. The fraction of sp³-hybridized carbons (Fsp3) is 0.333. The molecule has 2 N–H and O–H groups in total. The number of benzene rings is 1. The summed E-state index contributed by atoms with van der Waals surface area (Å²) in [6, 6.07) is 12.1. The summed E-state index contributed by atoms with van der Waals surface area (Å²) in [4.78, 5) is 17.0. The minimum atomic E-state index is -0.151. The molecule has 4 rings (SSSR count). The van der Waals surface area contributed by atoms with E-state index in [9.17, 15) is 4.79 Å². The van der Waals surface area contributed by atoms with Crippen molar-refractivity contribution in [2.45, 2.75) is 31.8 Å². The minimum absolute atomic E-state index is 0. The Balaban J connectivity index is 0.00000121. The first-order valence-electron chi connectivity index (χ1n) is 8.19. The normalized spacial score (nSPS) is 19.4. The molecule has 0 radical (unpaired) electrons. The Kier molecular flexibility index (Phi) is 7.06. The zero-order valence-electron chi connectivity index (χ0n) is 14.2. The number of nitrogens with zero attached hydrogens (tertiary/aromatic N) is 1. The van der Waals surface area contributed by atoms with Crippen LogP contribution in [-0.2, 0) is 0 Å². The number of fused-ring (bicyclic) bond motifs is 1. The maximum atomic E-state index is 12.4. The largest absolute Gasteiger partial charge is 0.448 e. The molecule has 8 heteroatoms. The third-order valence-corrected chi connectivity index (χ3v) is 5.34. The number of hydrogen-bond donors (Lipinski definition) is 2. The van der Waals surface area contributed by atoms with Gasteiger partial charge in [-0.2, -0.15) is 0 Å². The molecule has 1 saturated heterocycles. The van der Waals surface area contributed by atoms with Gasteiger partial charge in [-0.05, 0) is 50.6 Å². The molecule has 1 aromatic carbocycles. The Bertz CT molecular complexity index is 847. The summed E-state index contributed by atoms with van der Waals surface area (Å²) in [5.41, 5.74) is 0.948. The van der Waals surface area contributed by atoms with Crippen LogP contribution in [0.1, 0.15) is 30.3 Å². The van der Waals surface area contributed by atoms with E-state index in [0.717, 1.165) is 34.6 Å². The van der Waals surface area contributed by atoms with Gasteiger partial charge in [0.1, 0.15) is 0 Å². The SMILES string of the molecule is CC1CC(NC(=O)c2ccc(-c3nc4ccccc4s3)o2)CCN1.Cl.Cl. The fourth-order valence-electron chi connectivity index (χ4n) is 3.07. The minimum Gasteiger partial charge on any atom is -0.448 e. The lowest BCUT2D eigenvalue weighted by Gasteiger charge is -2.28. The zero-order valence-corrected chi connectivity index (χ0v) is 16.7. The topological polar surface area (TPSA) is 67.2 Å². The second kappa shape index (κ2) is 8.86. The number of hydrogen-bond acceptors (Lipinski definition) is 5. The number of carbonyl (C=O) groups is 1. The summed E-state index contributed by atoms with van der Waals surface area (Å²) in [7, 11) is 0. The highest BCUT2D eigenvalue weighted by Crippen LogP contribution is 2.31. The first-order chi connectivity index (χ1) is 11.7. The van der Waals surface area contributed by atoms with Crippen LogP contribution in [0.4, 0.5) is 0 Å². The Morgan fingerprint density at radius 3 is 2.85 bits per heavy atom. The molecule has 2 unspecified atom stereocenters. The molecule has 0 aliphatic carbocycles. The average molecular weight is 414 g/mol. The number of thiazole rings is 1. The molecule has 3 heterocycles. The van der Waals surface area contributed by atoms with Crippen molar-refractivity contribution in [3.8, 4) is 10.8 Å². The molecule has 1 fully saturated rings. The lowest BCUT2D eigenvalue weighted by atomic mass is 10.0. The highest BCUT2D eigenvalue weighted by atomic mass is 35.5. The van der Waals surface area contributed by atoms with Crippen LogP contribution in [0.25, 0.3) is 21.0 Å². The number of nitrogens with one attached hydrogen (secondary N) is 2. The number of rotatable bonds is 3. The first-order valence-corrected chi connectivity index (χ1v) is 9.01. The molecular weight excluding hydrogens is 393 g/mol. The van der Waals surface area contributed by atoms with Crippen molar-refractivity contribution in [2.75, 3.05) is 6.54 Å². The predicted molar refractivity (Wildman–Crippen MR) is 110 cm³/mol. The Hall–Kier alpha value is -1.60. The number of carbonyl (C=O) groups excluding carboxylic acids is 1. The lowest BCUT2D eigenvalue weighted by molar-refractivity contribution is 0.0898. The number of furan rings is 1. The van der Waals surface area contributed by atoms with Crippen LogP contribution in [0.3, 0.4) is 0 Å². The van der Waals surface area contributed by atoms with Gasteiger partial charge < -0.3 is 15.1 Å². The van der Waals surface area contributed by atoms with Crippen molar-refractivity contribution < 1.29 is 9.21 Å². The van der Waals surface area contributed by atoms with E-state index in [1.807, 2.05) is 30.3 Å². The summed E-state index contributed by atoms with van der Waals surface area (Å²) < 4.78 is 6.86. The van der Waals surface area contributed by atoms with Gasteiger partial charge in [0, 0.05) is 12.1 Å². The quantitative estimate of drug-likeness (QED) is 0.672. The Labute approximate surface area is 168 Å². The van der Waals surface area contributed by atoms with Gasteiger partial charge in [0.15, 0.2) is 16.5 Å². The summed E-state index contributed by atoms with van der Waals surface area (Å²) >= 11 is 1.57. The Morgan fingerprint density at radius 1 is 1.27 bits per heavy atom. The molecule has 1 aliphatic heterocycles. The molecule has 0 spiro atoms. The molecule has 1 amide bonds. The van der Waals surface area contributed by atoms with E-state index in [2.05, 4.69) is 22.5 Å². The molecule has 140 valence electrons. The van der Waals surface area contributed by atoms with Crippen LogP contribution in [-0.4, -0.2) is 29.5 Å². The second-order valence-corrected chi connectivity index (χ2v) is 7.23. The van der Waals surface area contributed by atoms with Crippen molar-refractivity contribution in [1.29, 1.82) is 0 Å². The van der Waals surface area contributed by atoms with Crippen LogP contribution in [0.5, 0.6) is 0 Å². The predicted octanol–water partition coefficient (Wildman–Crippen LogP) is 4.27. The van der Waals surface area contributed by atoms with E-state index in [0.29, 0.717) is 17.6 Å². The molecule has 0 saturated carbocycles. The van der Waals surface area contributed by atoms with Crippen molar-refractivity contribution in [1.82, 2.24) is 15.6 Å². The monoisotopic (exact) mass is 413 g/mol. The van der Waals surface area contributed by atoms with Gasteiger partial charge in [0.25, 0.3) is 5.91 Å². The van der Waals surface area contributed by atoms with Gasteiger partial charge in [-0.1, -0.05) is 12.1 Å². The van der Waals surface area contributed by atoms with E-state index >= 15 is 0 Å². The number of aromatic nitrogens is 1. The van der Waals surface area contributed by atoms with E-state index in [1.54, 1.807) is 17.4 Å². The third kappa shape index (κ3) is 4.38. The number of halogens is 2. The van der Waals surface area contributed by atoms with Crippen LogP contribution in [0.2, 0.25) is 0 Å². The number of amides is 1. The summed E-state index contributed by atoms with van der Waals surface area (Å²) in [5, 5.41) is 7.25. The molecule has 5 nitrogen and oxygen atoms in total. The Morgan fingerprint density at radius 2 is 2.08 bits per heavy atom. The van der Waals surface area contributed by atoms with Gasteiger partial charge in [0.2, 0.25) is 0 Å². The van der Waals surface area contributed by atoms with Crippen LogP contribution in [0.15, 0.2) is 40.8 Å². The van der Waals surface area contributed by atoms with Crippen LogP contribution < -0.4 is 10.6 Å². The average Bonchev–Trinajstić information content (AvgIpc) is 3.21. The molecule has 2 aromatic heterocycles. The maximum absolute atomic E-state index is 12.4. The van der Waals surface area contributed by atoms with Gasteiger partial charge >= 0.3 is 0 Å². The molecule has 3 aromatic rings. The summed E-state index contributed by atoms with van der Waals surface area (Å²) in [5.74, 6) is 0.830. The highest BCUT2D eigenvalue weighted by molar-refractivity contribution is 7.21. The van der Waals surface area contributed by atoms with Crippen LogP contribution >= 0.6 is 36.2 Å². The van der Waals surface area contributed by atoms with Crippen molar-refractivity contribution >= 4 is 52.3 Å². The first kappa shape index (κ1) is 20.7. The second-order valence-electron chi connectivity index (χ2n) is 6.20. The zero-order chi connectivity index (χ0) is 16.5. The lowest BCUT2D eigenvalue weighted by Crippen LogP contribution is -2.46. The van der Waals surface area contributed by atoms with Crippen molar-refractivity contribution in [3.05, 3.63) is 42.2 Å². The van der Waals surface area contributed by atoms with Gasteiger partial charge in [0.05, 0.1) is 10.2 Å². The fourth-order valence-corrected chi connectivity index (χ4v) is 4.00. The van der Waals surface area contributed by atoms with E-state index in [-0.39, 0.29) is 36.8 Å². The smallest absolute Gasteiger partial charge is 0.287 e.